The fraction of sp³-hybridized carbons (Fsp3) is 0.500. The number of allylic oxidation sites excluding steroid dienone is 1. The van der Waals surface area contributed by atoms with Crippen LogP contribution in [0.15, 0.2) is 46.6 Å². The van der Waals surface area contributed by atoms with E-state index in [0.717, 1.165) is 61.2 Å². The molecule has 6 nitrogen and oxygen atoms in total. The normalized spacial score (nSPS) is 26.6. The van der Waals surface area contributed by atoms with Gasteiger partial charge in [-0.2, -0.15) is 13.2 Å². The second-order valence-electron chi connectivity index (χ2n) is 9.37. The number of aromatic nitrogens is 3. The fourth-order valence-electron chi connectivity index (χ4n) is 5.13. The Balaban J connectivity index is 1.08. The molecule has 1 saturated heterocycles. The molecule has 2 unspecified atom stereocenters. The highest BCUT2D eigenvalue weighted by molar-refractivity contribution is 7.99. The van der Waals surface area contributed by atoms with E-state index in [0.29, 0.717) is 5.92 Å². The predicted molar refractivity (Wildman–Crippen MR) is 124 cm³/mol. The van der Waals surface area contributed by atoms with Crippen LogP contribution in [0.2, 0.25) is 0 Å². The largest absolute Gasteiger partial charge is 0.416 e. The topological polar surface area (TPSA) is 63.4 Å². The van der Waals surface area contributed by atoms with Crippen molar-refractivity contribution in [1.82, 2.24) is 19.7 Å². The molecule has 0 bridgehead atoms. The molecule has 1 aliphatic carbocycles. The van der Waals surface area contributed by atoms with E-state index >= 15 is 0 Å². The molecule has 3 atom stereocenters. The van der Waals surface area contributed by atoms with Gasteiger partial charge in [0.05, 0.1) is 11.5 Å². The minimum absolute atomic E-state index is 0.138. The zero-order valence-electron chi connectivity index (χ0n) is 18.8. The van der Waals surface area contributed by atoms with Gasteiger partial charge in [-0.3, -0.25) is 4.79 Å². The van der Waals surface area contributed by atoms with E-state index in [-0.39, 0.29) is 17.2 Å². The second kappa shape index (κ2) is 8.96. The van der Waals surface area contributed by atoms with Crippen molar-refractivity contribution in [3.05, 3.63) is 53.4 Å². The molecule has 2 fully saturated rings. The lowest BCUT2D eigenvalue weighted by Crippen LogP contribution is -2.23. The number of nitrogens with zero attached hydrogens (tertiary/aromatic N) is 5. The number of amides is 1. The smallest absolute Gasteiger partial charge is 0.308 e. The average Bonchev–Trinajstić information content (AvgIpc) is 3.16. The van der Waals surface area contributed by atoms with Crippen LogP contribution in [0.1, 0.15) is 48.0 Å². The highest BCUT2D eigenvalue weighted by atomic mass is 32.2. The first-order valence-corrected chi connectivity index (χ1v) is 12.4. The number of rotatable bonds is 7. The molecule has 180 valence electrons. The number of halogens is 3. The van der Waals surface area contributed by atoms with E-state index in [9.17, 15) is 18.0 Å². The lowest BCUT2D eigenvalue weighted by molar-refractivity contribution is -0.137. The minimum Gasteiger partial charge on any atom is -0.308 e. The summed E-state index contributed by atoms with van der Waals surface area (Å²) in [5, 5.41) is 9.40. The van der Waals surface area contributed by atoms with Gasteiger partial charge in [0.15, 0.2) is 5.16 Å². The number of hydrogen-bond donors (Lipinski definition) is 0. The molecule has 3 aliphatic rings. The first kappa shape index (κ1) is 23.3. The molecule has 1 amide bonds. The molecule has 0 N–H and O–H groups in total. The number of aliphatic imine (C=N–C) groups is 1. The van der Waals surface area contributed by atoms with Gasteiger partial charge in [0.1, 0.15) is 5.82 Å². The first-order valence-electron chi connectivity index (χ1n) is 11.4. The van der Waals surface area contributed by atoms with Crippen molar-refractivity contribution in [1.29, 1.82) is 0 Å². The quantitative estimate of drug-likeness (QED) is 0.425. The van der Waals surface area contributed by atoms with Crippen molar-refractivity contribution < 1.29 is 18.0 Å². The fourth-order valence-corrected chi connectivity index (χ4v) is 5.97. The number of likely N-dealkylation sites (tertiary alicyclic amines) is 1. The molecule has 2 aliphatic heterocycles. The SMILES string of the molecule is Cn1c(SCCCN2CC[C@]3(CC3c3ccc(C(F)(F)F)cc3)C2)nnc1C1C=CC(=O)N=C1. The molecule has 3 heterocycles. The molecule has 10 heteroatoms. The van der Waals surface area contributed by atoms with E-state index in [1.165, 1.54) is 18.2 Å². The number of benzene rings is 1. The summed E-state index contributed by atoms with van der Waals surface area (Å²) in [6.45, 7) is 3.06. The minimum atomic E-state index is -4.28. The number of alkyl halides is 3. The monoisotopic (exact) mass is 489 g/mol. The Morgan fingerprint density at radius 1 is 1.21 bits per heavy atom. The zero-order valence-corrected chi connectivity index (χ0v) is 19.6. The van der Waals surface area contributed by atoms with Crippen molar-refractivity contribution in [3.63, 3.8) is 0 Å². The summed E-state index contributed by atoms with van der Waals surface area (Å²) in [6.07, 6.45) is 3.75. The van der Waals surface area contributed by atoms with Crippen molar-refractivity contribution >= 4 is 23.9 Å². The summed E-state index contributed by atoms with van der Waals surface area (Å²) >= 11 is 1.67. The van der Waals surface area contributed by atoms with E-state index in [2.05, 4.69) is 20.1 Å². The number of carbonyl (C=O) groups excluding carboxylic acids is 1. The molecule has 2 aromatic rings. The lowest BCUT2D eigenvalue weighted by atomic mass is 9.97. The Morgan fingerprint density at radius 2 is 2.00 bits per heavy atom. The predicted octanol–water partition coefficient (Wildman–Crippen LogP) is 4.45. The molecule has 1 aromatic carbocycles. The number of hydrogen-bond acceptors (Lipinski definition) is 5. The Bertz CT molecular complexity index is 1110. The van der Waals surface area contributed by atoms with Crippen LogP contribution in [-0.2, 0) is 18.0 Å². The standard InChI is InChI=1S/C24H26F3N5OS/c1-31-21(17-5-8-20(33)28-14-17)29-30-22(31)34-12-2-10-32-11-9-23(15-32)13-19(23)16-3-6-18(7-4-16)24(25,26)27/h3-8,14,17,19H,2,9-13,15H2,1H3/t17?,19?,23-/m0/s1. The van der Waals surface area contributed by atoms with Crippen LogP contribution in [-0.4, -0.2) is 57.2 Å². The lowest BCUT2D eigenvalue weighted by Gasteiger charge is -2.16. The van der Waals surface area contributed by atoms with Gasteiger partial charge in [0, 0.05) is 31.6 Å². The molecule has 1 saturated carbocycles. The van der Waals surface area contributed by atoms with Gasteiger partial charge in [0.25, 0.3) is 5.91 Å². The third kappa shape index (κ3) is 4.70. The van der Waals surface area contributed by atoms with Gasteiger partial charge in [-0.05, 0) is 61.4 Å². The summed E-state index contributed by atoms with van der Waals surface area (Å²) in [6, 6.07) is 5.73. The molecular formula is C24H26F3N5OS. The molecule has 1 spiro atoms. The van der Waals surface area contributed by atoms with E-state index in [1.807, 2.05) is 11.6 Å². The summed E-state index contributed by atoms with van der Waals surface area (Å²) in [5.41, 5.74) is 0.692. The Morgan fingerprint density at radius 3 is 2.71 bits per heavy atom. The second-order valence-corrected chi connectivity index (χ2v) is 10.4. The third-order valence-corrected chi connectivity index (χ3v) is 8.23. The van der Waals surface area contributed by atoms with Crippen LogP contribution < -0.4 is 0 Å². The Hall–Kier alpha value is -2.46. The Kier molecular flexibility index (Phi) is 6.14. The highest BCUT2D eigenvalue weighted by Crippen LogP contribution is 2.64. The maximum absolute atomic E-state index is 12.8. The van der Waals surface area contributed by atoms with Crippen molar-refractivity contribution in [2.75, 3.05) is 25.4 Å². The molecule has 1 aromatic heterocycles. The van der Waals surface area contributed by atoms with E-state index < -0.39 is 11.7 Å². The maximum Gasteiger partial charge on any atom is 0.416 e. The van der Waals surface area contributed by atoms with Crippen LogP contribution in [0.4, 0.5) is 13.2 Å². The van der Waals surface area contributed by atoms with E-state index in [4.69, 9.17) is 0 Å². The van der Waals surface area contributed by atoms with Crippen LogP contribution in [0.25, 0.3) is 0 Å². The first-order chi connectivity index (χ1) is 16.2. The van der Waals surface area contributed by atoms with Crippen molar-refractivity contribution in [3.8, 4) is 0 Å². The molecule has 5 rings (SSSR count). The van der Waals surface area contributed by atoms with Crippen molar-refractivity contribution in [2.24, 2.45) is 17.5 Å². The maximum atomic E-state index is 12.8. The van der Waals surface area contributed by atoms with Crippen LogP contribution >= 0.6 is 11.8 Å². The Labute approximate surface area is 200 Å². The summed E-state index contributed by atoms with van der Waals surface area (Å²) in [7, 11) is 1.93. The van der Waals surface area contributed by atoms with Crippen molar-refractivity contribution in [2.45, 2.75) is 42.4 Å². The van der Waals surface area contributed by atoms with Gasteiger partial charge in [0.2, 0.25) is 0 Å². The molecular weight excluding hydrogens is 463 g/mol. The van der Waals surface area contributed by atoms with Crippen LogP contribution in [0.3, 0.4) is 0 Å². The highest BCUT2D eigenvalue weighted by Gasteiger charge is 2.57. The van der Waals surface area contributed by atoms with Gasteiger partial charge in [-0.25, -0.2) is 4.99 Å². The molecule has 0 radical (unpaired) electrons. The van der Waals surface area contributed by atoms with Crippen LogP contribution in [0.5, 0.6) is 0 Å². The summed E-state index contributed by atoms with van der Waals surface area (Å²) in [4.78, 5) is 17.5. The van der Waals surface area contributed by atoms with Crippen LogP contribution in [0, 0.1) is 5.41 Å². The summed E-state index contributed by atoms with van der Waals surface area (Å²) < 4.78 is 40.4. The van der Waals surface area contributed by atoms with Gasteiger partial charge in [-0.1, -0.05) is 30.0 Å². The number of thioether (sulfide) groups is 1. The number of dihydropyridines is 1. The van der Waals surface area contributed by atoms with Gasteiger partial charge < -0.3 is 9.47 Å². The van der Waals surface area contributed by atoms with Gasteiger partial charge in [-0.15, -0.1) is 10.2 Å². The average molecular weight is 490 g/mol. The molecule has 34 heavy (non-hydrogen) atoms. The third-order valence-electron chi connectivity index (χ3n) is 7.12. The zero-order chi connectivity index (χ0) is 23.9. The van der Waals surface area contributed by atoms with E-state index in [1.54, 1.807) is 36.2 Å². The summed E-state index contributed by atoms with van der Waals surface area (Å²) in [5.74, 6) is 1.67. The number of carbonyl (C=O) groups is 1. The van der Waals surface area contributed by atoms with Gasteiger partial charge >= 0.3 is 6.18 Å².